The van der Waals surface area contributed by atoms with E-state index in [4.69, 9.17) is 21.1 Å². The number of hydrogen-bond acceptors (Lipinski definition) is 3. The van der Waals surface area contributed by atoms with E-state index < -0.39 is 24.0 Å². The molecule has 0 radical (unpaired) electrons. The monoisotopic (exact) mass is 318 g/mol. The number of aliphatic carboxylic acids is 1. The summed E-state index contributed by atoms with van der Waals surface area (Å²) >= 11 is 6.18. The third kappa shape index (κ3) is 2.61. The lowest BCUT2D eigenvalue weighted by atomic mass is 10.0. The Balaban J connectivity index is 2.01. The quantitative estimate of drug-likeness (QED) is 0.936. The molecule has 1 unspecified atom stereocenters. The summed E-state index contributed by atoms with van der Waals surface area (Å²) in [6.45, 7) is 1.72. The van der Waals surface area contributed by atoms with Crippen LogP contribution in [0.1, 0.15) is 24.2 Å². The van der Waals surface area contributed by atoms with Crippen molar-refractivity contribution in [1.82, 2.24) is 0 Å². The highest BCUT2D eigenvalue weighted by Gasteiger charge is 2.50. The van der Waals surface area contributed by atoms with E-state index in [0.717, 1.165) is 5.56 Å². The van der Waals surface area contributed by atoms with Gasteiger partial charge in [-0.05, 0) is 13.0 Å². The average Bonchev–Trinajstić information content (AvgIpc) is 2.88. The van der Waals surface area contributed by atoms with Gasteiger partial charge < -0.3 is 14.6 Å². The van der Waals surface area contributed by atoms with Gasteiger partial charge in [0.1, 0.15) is 6.10 Å². The molecular formula is C17H15ClO4. The largest absolute Gasteiger partial charge is 0.479 e. The van der Waals surface area contributed by atoms with Crippen molar-refractivity contribution in [3.8, 4) is 0 Å². The van der Waals surface area contributed by atoms with Crippen molar-refractivity contribution in [2.75, 3.05) is 0 Å². The molecule has 2 aromatic carbocycles. The summed E-state index contributed by atoms with van der Waals surface area (Å²) in [4.78, 5) is 11.6. The Kier molecular flexibility index (Phi) is 3.91. The third-order valence-electron chi connectivity index (χ3n) is 3.73. The van der Waals surface area contributed by atoms with Gasteiger partial charge in [0.25, 0.3) is 0 Å². The van der Waals surface area contributed by atoms with Gasteiger partial charge in [0, 0.05) is 16.1 Å². The molecule has 1 saturated heterocycles. The molecule has 1 aliphatic rings. The summed E-state index contributed by atoms with van der Waals surface area (Å²) in [6, 6.07) is 16.3. The molecule has 1 N–H and O–H groups in total. The van der Waals surface area contributed by atoms with Crippen LogP contribution in [0.2, 0.25) is 5.02 Å². The lowest BCUT2D eigenvalue weighted by Crippen LogP contribution is -2.28. The Morgan fingerprint density at radius 1 is 1.09 bits per heavy atom. The molecule has 0 spiro atoms. The topological polar surface area (TPSA) is 55.8 Å². The highest BCUT2D eigenvalue weighted by atomic mass is 35.5. The molecular weight excluding hydrogens is 304 g/mol. The van der Waals surface area contributed by atoms with Gasteiger partial charge in [0.2, 0.25) is 0 Å². The maximum atomic E-state index is 11.6. The van der Waals surface area contributed by atoms with Gasteiger partial charge in [0.15, 0.2) is 11.9 Å². The second-order valence-corrected chi connectivity index (χ2v) is 5.66. The number of benzene rings is 2. The number of carbonyl (C=O) groups is 1. The van der Waals surface area contributed by atoms with Gasteiger partial charge in [-0.1, -0.05) is 60.1 Å². The van der Waals surface area contributed by atoms with Crippen molar-refractivity contribution >= 4 is 17.6 Å². The van der Waals surface area contributed by atoms with Crippen molar-refractivity contribution in [3.63, 3.8) is 0 Å². The molecule has 2 aromatic rings. The third-order valence-corrected chi connectivity index (χ3v) is 4.08. The van der Waals surface area contributed by atoms with Crippen LogP contribution in [0, 0.1) is 0 Å². The molecule has 4 nitrogen and oxygen atoms in total. The van der Waals surface area contributed by atoms with E-state index in [9.17, 15) is 9.90 Å². The van der Waals surface area contributed by atoms with E-state index in [1.807, 2.05) is 30.3 Å². The normalized spacial score (nSPS) is 27.7. The molecule has 0 saturated carbocycles. The lowest BCUT2D eigenvalue weighted by molar-refractivity contribution is -0.179. The minimum absolute atomic E-state index is 0.458. The Labute approximate surface area is 133 Å². The van der Waals surface area contributed by atoms with Gasteiger partial charge in [-0.2, -0.15) is 0 Å². The second-order valence-electron chi connectivity index (χ2n) is 5.25. The summed E-state index contributed by atoms with van der Waals surface area (Å²) in [6.07, 6.45) is -1.89. The molecule has 1 fully saturated rings. The van der Waals surface area contributed by atoms with Crippen LogP contribution in [-0.2, 0) is 20.1 Å². The van der Waals surface area contributed by atoms with E-state index in [0.29, 0.717) is 10.6 Å². The Morgan fingerprint density at radius 3 is 2.36 bits per heavy atom. The Bertz CT molecular complexity index is 688. The second kappa shape index (κ2) is 5.72. The van der Waals surface area contributed by atoms with Gasteiger partial charge in [-0.15, -0.1) is 0 Å². The minimum atomic E-state index is -1.13. The molecule has 0 bridgehead atoms. The van der Waals surface area contributed by atoms with Crippen molar-refractivity contribution in [2.24, 2.45) is 0 Å². The molecule has 0 aromatic heterocycles. The maximum Gasteiger partial charge on any atom is 0.336 e. The first-order chi connectivity index (χ1) is 10.5. The molecule has 0 amide bonds. The van der Waals surface area contributed by atoms with E-state index >= 15 is 0 Å². The highest BCUT2D eigenvalue weighted by molar-refractivity contribution is 6.31. The highest BCUT2D eigenvalue weighted by Crippen LogP contribution is 2.45. The van der Waals surface area contributed by atoms with Crippen molar-refractivity contribution in [1.29, 1.82) is 0 Å². The summed E-state index contributed by atoms with van der Waals surface area (Å²) in [5.41, 5.74) is 1.37. The SMILES string of the molecule is CC1(c2ccccc2)O[C@H](C(=O)O)[C@@H](c2ccccc2Cl)O1. The van der Waals surface area contributed by atoms with E-state index in [1.165, 1.54) is 0 Å². The molecule has 1 aliphatic heterocycles. The zero-order valence-electron chi connectivity index (χ0n) is 11.9. The van der Waals surface area contributed by atoms with Gasteiger partial charge >= 0.3 is 5.97 Å². The predicted octanol–water partition coefficient (Wildman–Crippen LogP) is 3.75. The number of carboxylic acids is 1. The zero-order chi connectivity index (χ0) is 15.7. The van der Waals surface area contributed by atoms with Crippen LogP contribution >= 0.6 is 11.6 Å². The van der Waals surface area contributed by atoms with Crippen LogP contribution in [0.3, 0.4) is 0 Å². The van der Waals surface area contributed by atoms with E-state index in [-0.39, 0.29) is 0 Å². The van der Waals surface area contributed by atoms with Crippen LogP contribution in [0.5, 0.6) is 0 Å². The van der Waals surface area contributed by atoms with Crippen LogP contribution < -0.4 is 0 Å². The van der Waals surface area contributed by atoms with Gasteiger partial charge in [0.05, 0.1) is 0 Å². The van der Waals surface area contributed by atoms with Crippen LogP contribution in [0.4, 0.5) is 0 Å². The van der Waals surface area contributed by atoms with Crippen LogP contribution in [-0.4, -0.2) is 17.2 Å². The first kappa shape index (κ1) is 15.0. The van der Waals surface area contributed by atoms with Crippen molar-refractivity contribution in [3.05, 3.63) is 70.7 Å². The Hall–Kier alpha value is -1.88. The fourth-order valence-corrected chi connectivity index (χ4v) is 2.87. The molecule has 114 valence electrons. The van der Waals surface area contributed by atoms with E-state index in [2.05, 4.69) is 0 Å². The molecule has 3 atom stereocenters. The zero-order valence-corrected chi connectivity index (χ0v) is 12.7. The minimum Gasteiger partial charge on any atom is -0.479 e. The van der Waals surface area contributed by atoms with Crippen LogP contribution in [0.15, 0.2) is 54.6 Å². The fraction of sp³-hybridized carbons (Fsp3) is 0.235. The molecule has 1 heterocycles. The predicted molar refractivity (Wildman–Crippen MR) is 81.6 cm³/mol. The van der Waals surface area contributed by atoms with Gasteiger partial charge in [-0.3, -0.25) is 0 Å². The number of rotatable bonds is 3. The summed E-state index contributed by atoms with van der Waals surface area (Å²) in [7, 11) is 0. The summed E-state index contributed by atoms with van der Waals surface area (Å²) in [5, 5.41) is 9.92. The standard InChI is InChI=1S/C17H15ClO4/c1-17(11-7-3-2-4-8-11)21-14(15(22-17)16(19)20)12-9-5-6-10-13(12)18/h2-10,14-15H,1H3,(H,19,20)/t14-,15+,17?/m1/s1. The van der Waals surface area contributed by atoms with Crippen molar-refractivity contribution in [2.45, 2.75) is 24.9 Å². The fourth-order valence-electron chi connectivity index (χ4n) is 2.63. The number of ether oxygens (including phenoxy) is 2. The van der Waals surface area contributed by atoms with E-state index in [1.54, 1.807) is 31.2 Å². The Morgan fingerprint density at radius 2 is 1.73 bits per heavy atom. The lowest BCUT2D eigenvalue weighted by Gasteiger charge is -2.23. The van der Waals surface area contributed by atoms with Gasteiger partial charge in [-0.25, -0.2) is 4.79 Å². The van der Waals surface area contributed by atoms with Crippen molar-refractivity contribution < 1.29 is 19.4 Å². The molecule has 0 aliphatic carbocycles. The molecule has 3 rings (SSSR count). The first-order valence-corrected chi connectivity index (χ1v) is 7.27. The summed E-state index contributed by atoms with van der Waals surface area (Å²) in [5.74, 6) is -2.21. The molecule has 5 heteroatoms. The average molecular weight is 319 g/mol. The summed E-state index contributed by atoms with van der Waals surface area (Å²) < 4.78 is 11.7. The maximum absolute atomic E-state index is 11.6. The molecule has 22 heavy (non-hydrogen) atoms. The number of carboxylic acid groups (broad SMARTS) is 1. The number of hydrogen-bond donors (Lipinski definition) is 1. The smallest absolute Gasteiger partial charge is 0.336 e. The van der Waals surface area contributed by atoms with Crippen LogP contribution in [0.25, 0.3) is 0 Å². The first-order valence-electron chi connectivity index (χ1n) is 6.90. The number of halogens is 1.